The number of rotatable bonds is 3. The number of pyridine rings is 1. The van der Waals surface area contributed by atoms with Crippen molar-refractivity contribution in [1.29, 1.82) is 0 Å². The number of aryl methyl sites for hydroxylation is 1. The number of benzene rings is 1. The van der Waals surface area contributed by atoms with Gasteiger partial charge in [0.15, 0.2) is 0 Å². The fourth-order valence-electron chi connectivity index (χ4n) is 4.58. The summed E-state index contributed by atoms with van der Waals surface area (Å²) in [5.74, 6) is 0.809. The van der Waals surface area contributed by atoms with Crippen LogP contribution in [0, 0.1) is 6.92 Å². The Labute approximate surface area is 169 Å². The van der Waals surface area contributed by atoms with Crippen LogP contribution in [0.2, 0.25) is 0 Å². The Kier molecular flexibility index (Phi) is 4.67. The zero-order valence-electron chi connectivity index (χ0n) is 16.7. The fraction of sp³-hybridized carbons (Fsp3) is 0.409. The summed E-state index contributed by atoms with van der Waals surface area (Å²) < 4.78 is 0. The molecule has 1 saturated heterocycles. The Bertz CT molecular complexity index is 1090. The SMILES string of the molecule is Cc1cc(CN2CCN(c3ncccn3)CC2)cc2[nH]c(=O)c3c(c12)NCCC3. The molecule has 0 aliphatic carbocycles. The predicted octanol–water partition coefficient (Wildman–Crippen LogP) is 2.31. The number of fused-ring (bicyclic) bond motifs is 3. The van der Waals surface area contributed by atoms with Crippen LogP contribution in [-0.4, -0.2) is 52.6 Å². The van der Waals surface area contributed by atoms with Gasteiger partial charge < -0.3 is 15.2 Å². The first-order valence-electron chi connectivity index (χ1n) is 10.4. The second kappa shape index (κ2) is 7.48. The van der Waals surface area contributed by atoms with Gasteiger partial charge in [-0.3, -0.25) is 9.69 Å². The van der Waals surface area contributed by atoms with E-state index in [2.05, 4.69) is 49.1 Å². The van der Waals surface area contributed by atoms with Crippen molar-refractivity contribution in [1.82, 2.24) is 19.9 Å². The largest absolute Gasteiger partial charge is 0.384 e. The molecule has 150 valence electrons. The van der Waals surface area contributed by atoms with Gasteiger partial charge in [-0.2, -0.15) is 0 Å². The van der Waals surface area contributed by atoms with E-state index in [4.69, 9.17) is 0 Å². The van der Waals surface area contributed by atoms with Gasteiger partial charge in [-0.25, -0.2) is 9.97 Å². The lowest BCUT2D eigenvalue weighted by atomic mass is 9.97. The van der Waals surface area contributed by atoms with Crippen LogP contribution in [-0.2, 0) is 13.0 Å². The highest BCUT2D eigenvalue weighted by Gasteiger charge is 2.21. The average Bonchev–Trinajstić information content (AvgIpc) is 2.75. The van der Waals surface area contributed by atoms with Crippen LogP contribution in [0.25, 0.3) is 10.9 Å². The fourth-order valence-corrected chi connectivity index (χ4v) is 4.58. The highest BCUT2D eigenvalue weighted by atomic mass is 16.1. The van der Waals surface area contributed by atoms with Gasteiger partial charge in [0.2, 0.25) is 5.95 Å². The van der Waals surface area contributed by atoms with Crippen molar-refractivity contribution in [2.45, 2.75) is 26.3 Å². The van der Waals surface area contributed by atoms with Gasteiger partial charge in [-0.15, -0.1) is 0 Å². The quantitative estimate of drug-likeness (QED) is 0.715. The van der Waals surface area contributed by atoms with Gasteiger partial charge in [0, 0.05) is 62.6 Å². The molecule has 0 bridgehead atoms. The number of piperazine rings is 1. The van der Waals surface area contributed by atoms with E-state index in [9.17, 15) is 4.79 Å². The summed E-state index contributed by atoms with van der Waals surface area (Å²) in [6.45, 7) is 7.74. The van der Waals surface area contributed by atoms with Gasteiger partial charge in [-0.05, 0) is 43.0 Å². The molecule has 5 rings (SSSR count). The number of hydrogen-bond acceptors (Lipinski definition) is 6. The number of anilines is 2. The summed E-state index contributed by atoms with van der Waals surface area (Å²) >= 11 is 0. The van der Waals surface area contributed by atoms with Crippen molar-refractivity contribution in [3.63, 3.8) is 0 Å². The minimum atomic E-state index is 0.0488. The second-order valence-corrected chi connectivity index (χ2v) is 7.99. The molecule has 2 aliphatic heterocycles. The smallest absolute Gasteiger partial charge is 0.253 e. The Morgan fingerprint density at radius 1 is 1.10 bits per heavy atom. The summed E-state index contributed by atoms with van der Waals surface area (Å²) in [4.78, 5) is 29.1. The predicted molar refractivity (Wildman–Crippen MR) is 116 cm³/mol. The Hall–Kier alpha value is -2.93. The van der Waals surface area contributed by atoms with E-state index in [1.165, 1.54) is 11.1 Å². The maximum atomic E-state index is 12.5. The summed E-state index contributed by atoms with van der Waals surface area (Å²) in [6.07, 6.45) is 5.45. The van der Waals surface area contributed by atoms with Crippen molar-refractivity contribution >= 4 is 22.5 Å². The Morgan fingerprint density at radius 2 is 1.90 bits per heavy atom. The number of nitrogens with one attached hydrogen (secondary N) is 2. The minimum absolute atomic E-state index is 0.0488. The second-order valence-electron chi connectivity index (χ2n) is 7.99. The molecular formula is C22H26N6O. The van der Waals surface area contributed by atoms with Crippen LogP contribution in [0.3, 0.4) is 0 Å². The van der Waals surface area contributed by atoms with Gasteiger partial charge in [-0.1, -0.05) is 6.07 Å². The molecule has 7 nitrogen and oxygen atoms in total. The summed E-state index contributed by atoms with van der Waals surface area (Å²) in [6, 6.07) is 6.26. The van der Waals surface area contributed by atoms with Crippen molar-refractivity contribution in [3.8, 4) is 0 Å². The summed E-state index contributed by atoms with van der Waals surface area (Å²) in [7, 11) is 0. The van der Waals surface area contributed by atoms with E-state index >= 15 is 0 Å². The Morgan fingerprint density at radius 3 is 2.69 bits per heavy atom. The average molecular weight is 390 g/mol. The van der Waals surface area contributed by atoms with Crippen molar-refractivity contribution < 1.29 is 0 Å². The maximum Gasteiger partial charge on any atom is 0.253 e. The summed E-state index contributed by atoms with van der Waals surface area (Å²) in [5, 5.41) is 4.62. The lowest BCUT2D eigenvalue weighted by molar-refractivity contribution is 0.249. The van der Waals surface area contributed by atoms with Crippen LogP contribution < -0.4 is 15.8 Å². The zero-order valence-corrected chi connectivity index (χ0v) is 16.7. The van der Waals surface area contributed by atoms with Crippen LogP contribution in [0.1, 0.15) is 23.1 Å². The maximum absolute atomic E-state index is 12.5. The molecule has 0 atom stereocenters. The molecule has 29 heavy (non-hydrogen) atoms. The first kappa shape index (κ1) is 18.1. The van der Waals surface area contributed by atoms with Crippen LogP contribution >= 0.6 is 0 Å². The number of aromatic nitrogens is 3. The van der Waals surface area contributed by atoms with Crippen molar-refractivity contribution in [2.75, 3.05) is 42.9 Å². The normalized spacial score (nSPS) is 17.2. The molecule has 0 unspecified atom stereocenters. The third-order valence-electron chi connectivity index (χ3n) is 5.99. The number of aromatic amines is 1. The van der Waals surface area contributed by atoms with Gasteiger partial charge in [0.25, 0.3) is 5.56 Å². The minimum Gasteiger partial charge on any atom is -0.384 e. The molecule has 7 heteroatoms. The van der Waals surface area contributed by atoms with E-state index in [0.717, 1.165) is 80.2 Å². The highest BCUT2D eigenvalue weighted by Crippen LogP contribution is 2.31. The van der Waals surface area contributed by atoms with E-state index in [-0.39, 0.29) is 5.56 Å². The van der Waals surface area contributed by atoms with Crippen LogP contribution in [0.5, 0.6) is 0 Å². The first-order valence-corrected chi connectivity index (χ1v) is 10.4. The molecule has 0 amide bonds. The van der Waals surface area contributed by atoms with Crippen LogP contribution in [0.15, 0.2) is 35.4 Å². The molecule has 3 aromatic rings. The summed E-state index contributed by atoms with van der Waals surface area (Å²) in [5.41, 5.74) is 5.39. The molecule has 4 heterocycles. The van der Waals surface area contributed by atoms with Gasteiger partial charge >= 0.3 is 0 Å². The van der Waals surface area contributed by atoms with E-state index in [0.29, 0.717) is 0 Å². The first-order chi connectivity index (χ1) is 14.2. The van der Waals surface area contributed by atoms with Gasteiger partial charge in [0.05, 0.1) is 11.2 Å². The molecular weight excluding hydrogens is 364 g/mol. The molecule has 2 N–H and O–H groups in total. The molecule has 1 fully saturated rings. The lowest BCUT2D eigenvalue weighted by Crippen LogP contribution is -2.46. The van der Waals surface area contributed by atoms with E-state index in [1.807, 2.05) is 6.07 Å². The number of nitrogens with zero attached hydrogens (tertiary/aromatic N) is 4. The topological polar surface area (TPSA) is 77.2 Å². The number of H-pyrrole nitrogens is 1. The van der Waals surface area contributed by atoms with Gasteiger partial charge in [0.1, 0.15) is 0 Å². The van der Waals surface area contributed by atoms with E-state index < -0.39 is 0 Å². The molecule has 0 radical (unpaired) electrons. The lowest BCUT2D eigenvalue weighted by Gasteiger charge is -2.34. The van der Waals surface area contributed by atoms with E-state index in [1.54, 1.807) is 12.4 Å². The van der Waals surface area contributed by atoms with Crippen molar-refractivity contribution in [2.24, 2.45) is 0 Å². The third kappa shape index (κ3) is 3.46. The molecule has 0 spiro atoms. The standard InChI is InChI=1S/C22H26N6O/c1-15-12-16(13-18-19(15)20-17(21(29)26-18)4-2-5-23-20)14-27-8-10-28(11-9-27)22-24-6-3-7-25-22/h3,6-7,12-13,23H,2,4-5,8-11,14H2,1H3,(H,26,29). The zero-order chi connectivity index (χ0) is 19.8. The molecule has 2 aliphatic rings. The molecule has 2 aromatic heterocycles. The number of hydrogen-bond donors (Lipinski definition) is 2. The van der Waals surface area contributed by atoms with Crippen molar-refractivity contribution in [3.05, 3.63) is 57.6 Å². The third-order valence-corrected chi connectivity index (χ3v) is 5.99. The molecule has 0 saturated carbocycles. The monoisotopic (exact) mass is 390 g/mol. The van der Waals surface area contributed by atoms with Crippen LogP contribution in [0.4, 0.5) is 11.6 Å². The molecule has 1 aromatic carbocycles. The highest BCUT2D eigenvalue weighted by molar-refractivity contribution is 5.96. The Balaban J connectivity index is 1.36.